The van der Waals surface area contributed by atoms with E-state index >= 15 is 0 Å². The SMILES string of the molecule is CCNC(=NCCc1ccco1)N1CCN(c2ccc(F)cc2)CC1.I. The van der Waals surface area contributed by atoms with Crippen molar-refractivity contribution in [1.29, 1.82) is 0 Å². The second-order valence-corrected chi connectivity index (χ2v) is 6.02. The molecule has 1 N–H and O–H groups in total. The number of aliphatic imine (C=N–C) groups is 1. The van der Waals surface area contributed by atoms with Crippen LogP contribution in [0.15, 0.2) is 52.1 Å². The molecule has 5 nitrogen and oxygen atoms in total. The molecule has 0 atom stereocenters. The Morgan fingerprint density at radius 2 is 1.88 bits per heavy atom. The van der Waals surface area contributed by atoms with Crippen LogP contribution < -0.4 is 10.2 Å². The molecule has 2 aromatic rings. The number of furan rings is 1. The average Bonchev–Trinajstić information content (AvgIpc) is 3.15. The van der Waals surface area contributed by atoms with Gasteiger partial charge in [-0.25, -0.2) is 4.39 Å². The third kappa shape index (κ3) is 5.62. The van der Waals surface area contributed by atoms with Crippen LogP contribution in [0.4, 0.5) is 10.1 Å². The highest BCUT2D eigenvalue weighted by Crippen LogP contribution is 2.17. The van der Waals surface area contributed by atoms with Gasteiger partial charge >= 0.3 is 0 Å². The molecule has 0 amide bonds. The molecule has 1 fully saturated rings. The van der Waals surface area contributed by atoms with Gasteiger partial charge in [0.15, 0.2) is 5.96 Å². The van der Waals surface area contributed by atoms with Crippen LogP contribution in [0.3, 0.4) is 0 Å². The summed E-state index contributed by atoms with van der Waals surface area (Å²) in [5.41, 5.74) is 1.07. The summed E-state index contributed by atoms with van der Waals surface area (Å²) in [5.74, 6) is 1.72. The van der Waals surface area contributed by atoms with Crippen molar-refractivity contribution in [2.24, 2.45) is 4.99 Å². The number of nitrogens with zero attached hydrogens (tertiary/aromatic N) is 3. The fourth-order valence-corrected chi connectivity index (χ4v) is 2.98. The first kappa shape index (κ1) is 20.5. The van der Waals surface area contributed by atoms with Crippen molar-refractivity contribution in [3.05, 3.63) is 54.2 Å². The fraction of sp³-hybridized carbons (Fsp3) is 0.421. The summed E-state index contributed by atoms with van der Waals surface area (Å²) >= 11 is 0. The van der Waals surface area contributed by atoms with E-state index in [-0.39, 0.29) is 29.8 Å². The summed E-state index contributed by atoms with van der Waals surface area (Å²) in [4.78, 5) is 9.29. The molecule has 1 aliphatic heterocycles. The molecular weight excluding hydrogens is 446 g/mol. The number of anilines is 1. The highest BCUT2D eigenvalue weighted by molar-refractivity contribution is 14.0. The van der Waals surface area contributed by atoms with E-state index in [9.17, 15) is 4.39 Å². The highest BCUT2D eigenvalue weighted by Gasteiger charge is 2.19. The van der Waals surface area contributed by atoms with E-state index in [1.54, 1.807) is 6.26 Å². The number of piperazine rings is 1. The summed E-state index contributed by atoms with van der Waals surface area (Å²) in [7, 11) is 0. The minimum atomic E-state index is -0.194. The zero-order valence-electron chi connectivity index (χ0n) is 15.0. The van der Waals surface area contributed by atoms with Crippen LogP contribution in [0.25, 0.3) is 0 Å². The van der Waals surface area contributed by atoms with Gasteiger partial charge in [-0.2, -0.15) is 0 Å². The van der Waals surface area contributed by atoms with Crippen molar-refractivity contribution >= 4 is 35.6 Å². The van der Waals surface area contributed by atoms with Crippen LogP contribution in [0.1, 0.15) is 12.7 Å². The van der Waals surface area contributed by atoms with Gasteiger partial charge in [0.05, 0.1) is 6.26 Å². The summed E-state index contributed by atoms with van der Waals surface area (Å²) in [5, 5.41) is 3.37. The second kappa shape index (κ2) is 10.4. The van der Waals surface area contributed by atoms with Gasteiger partial charge in [0.25, 0.3) is 0 Å². The lowest BCUT2D eigenvalue weighted by atomic mass is 10.2. The van der Waals surface area contributed by atoms with Crippen molar-refractivity contribution in [3.8, 4) is 0 Å². The van der Waals surface area contributed by atoms with Crippen LogP contribution >= 0.6 is 24.0 Å². The van der Waals surface area contributed by atoms with Crippen LogP contribution in [0, 0.1) is 5.82 Å². The first-order valence-electron chi connectivity index (χ1n) is 8.82. The minimum Gasteiger partial charge on any atom is -0.469 e. The van der Waals surface area contributed by atoms with Gasteiger partial charge < -0.3 is 19.5 Å². The van der Waals surface area contributed by atoms with Crippen molar-refractivity contribution < 1.29 is 8.81 Å². The zero-order valence-corrected chi connectivity index (χ0v) is 17.4. The summed E-state index contributed by atoms with van der Waals surface area (Å²) < 4.78 is 18.4. The zero-order chi connectivity index (χ0) is 17.5. The first-order chi connectivity index (χ1) is 12.3. The van der Waals surface area contributed by atoms with Crippen molar-refractivity contribution in [2.45, 2.75) is 13.3 Å². The molecule has 3 rings (SSSR count). The third-order valence-electron chi connectivity index (χ3n) is 4.31. The Balaban J connectivity index is 0.00000243. The molecule has 0 aliphatic carbocycles. The Labute approximate surface area is 171 Å². The Morgan fingerprint density at radius 3 is 2.50 bits per heavy atom. The average molecular weight is 472 g/mol. The molecule has 142 valence electrons. The summed E-state index contributed by atoms with van der Waals surface area (Å²) in [6.45, 7) is 7.21. The van der Waals surface area contributed by atoms with Gasteiger partial charge in [-0.05, 0) is 43.3 Å². The molecule has 2 heterocycles. The van der Waals surface area contributed by atoms with Gasteiger partial charge in [0.1, 0.15) is 11.6 Å². The number of hydrogen-bond donors (Lipinski definition) is 1. The standard InChI is InChI=1S/C19H25FN4O.HI/c1-2-21-19(22-10-9-18-4-3-15-25-18)24-13-11-23(12-14-24)17-7-5-16(20)6-8-17;/h3-8,15H,2,9-14H2,1H3,(H,21,22);1H. The van der Waals surface area contributed by atoms with E-state index in [1.165, 1.54) is 12.1 Å². The number of rotatable bonds is 5. The molecule has 1 saturated heterocycles. The summed E-state index contributed by atoms with van der Waals surface area (Å²) in [6.07, 6.45) is 2.50. The Bertz CT molecular complexity index is 667. The smallest absolute Gasteiger partial charge is 0.194 e. The number of benzene rings is 1. The lowest BCUT2D eigenvalue weighted by molar-refractivity contribution is 0.372. The van der Waals surface area contributed by atoms with Gasteiger partial charge in [-0.15, -0.1) is 24.0 Å². The number of halogens is 2. The molecule has 26 heavy (non-hydrogen) atoms. The molecule has 0 bridgehead atoms. The maximum Gasteiger partial charge on any atom is 0.194 e. The van der Waals surface area contributed by atoms with E-state index in [0.29, 0.717) is 6.54 Å². The molecule has 0 radical (unpaired) electrons. The molecule has 1 aromatic carbocycles. The van der Waals surface area contributed by atoms with Crippen LogP contribution in [0.2, 0.25) is 0 Å². The minimum absolute atomic E-state index is 0. The topological polar surface area (TPSA) is 44.0 Å². The van der Waals surface area contributed by atoms with Crippen LogP contribution in [0.5, 0.6) is 0 Å². The van der Waals surface area contributed by atoms with Gasteiger partial charge in [-0.1, -0.05) is 0 Å². The third-order valence-corrected chi connectivity index (χ3v) is 4.31. The van der Waals surface area contributed by atoms with Crippen molar-refractivity contribution in [2.75, 3.05) is 44.2 Å². The first-order valence-corrected chi connectivity index (χ1v) is 8.82. The van der Waals surface area contributed by atoms with Crippen LogP contribution in [-0.2, 0) is 6.42 Å². The van der Waals surface area contributed by atoms with Gasteiger partial charge in [0, 0.05) is 51.4 Å². The maximum atomic E-state index is 13.1. The number of guanidine groups is 1. The molecule has 0 saturated carbocycles. The van der Waals surface area contributed by atoms with E-state index < -0.39 is 0 Å². The highest BCUT2D eigenvalue weighted by atomic mass is 127. The second-order valence-electron chi connectivity index (χ2n) is 6.02. The fourth-order valence-electron chi connectivity index (χ4n) is 2.98. The van der Waals surface area contributed by atoms with Gasteiger partial charge in [-0.3, -0.25) is 4.99 Å². The van der Waals surface area contributed by atoms with Crippen LogP contribution in [-0.4, -0.2) is 50.1 Å². The lowest BCUT2D eigenvalue weighted by Crippen LogP contribution is -2.52. The van der Waals surface area contributed by atoms with E-state index in [2.05, 4.69) is 22.0 Å². The predicted molar refractivity (Wildman–Crippen MR) is 114 cm³/mol. The van der Waals surface area contributed by atoms with E-state index in [1.807, 2.05) is 24.3 Å². The predicted octanol–water partition coefficient (Wildman–Crippen LogP) is 3.37. The lowest BCUT2D eigenvalue weighted by Gasteiger charge is -2.37. The van der Waals surface area contributed by atoms with E-state index in [4.69, 9.17) is 9.41 Å². The Kier molecular flexibility index (Phi) is 8.21. The molecule has 7 heteroatoms. The van der Waals surface area contributed by atoms with Crippen molar-refractivity contribution in [1.82, 2.24) is 10.2 Å². The molecule has 0 spiro atoms. The Hall–Kier alpha value is -1.77. The largest absolute Gasteiger partial charge is 0.469 e. The monoisotopic (exact) mass is 472 g/mol. The maximum absolute atomic E-state index is 13.1. The molecule has 1 aromatic heterocycles. The molecule has 0 unspecified atom stereocenters. The Morgan fingerprint density at radius 1 is 1.15 bits per heavy atom. The van der Waals surface area contributed by atoms with Crippen molar-refractivity contribution in [3.63, 3.8) is 0 Å². The number of hydrogen-bond acceptors (Lipinski definition) is 3. The molecular formula is C19H26FIN4O. The quantitative estimate of drug-likeness (QED) is 0.412. The normalized spacial score (nSPS) is 14.9. The van der Waals surface area contributed by atoms with E-state index in [0.717, 1.165) is 56.6 Å². The summed E-state index contributed by atoms with van der Waals surface area (Å²) in [6, 6.07) is 10.6. The number of nitrogens with one attached hydrogen (secondary N) is 1. The molecule has 1 aliphatic rings. The van der Waals surface area contributed by atoms with Gasteiger partial charge in [0.2, 0.25) is 0 Å².